The lowest BCUT2D eigenvalue weighted by Gasteiger charge is -2.40. The molecule has 0 aliphatic heterocycles. The normalized spacial score (nSPS) is 30.7. The quantitative estimate of drug-likeness (QED) is 0.804. The molecule has 4 unspecified atom stereocenters. The van der Waals surface area contributed by atoms with Crippen molar-refractivity contribution in [2.75, 3.05) is 0 Å². The second-order valence-corrected chi connectivity index (χ2v) is 7.59. The minimum absolute atomic E-state index is 0.509. The Morgan fingerprint density at radius 1 is 1.10 bits per heavy atom. The summed E-state index contributed by atoms with van der Waals surface area (Å²) in [6, 6.07) is 9.47. The van der Waals surface area contributed by atoms with Gasteiger partial charge in [0.25, 0.3) is 0 Å². The van der Waals surface area contributed by atoms with Crippen LogP contribution in [0.15, 0.2) is 24.3 Å². The summed E-state index contributed by atoms with van der Waals surface area (Å²) < 4.78 is 0. The molecular weight excluding hydrogens is 278 g/mol. The number of hydrogen-bond donors (Lipinski definition) is 1. The Labute approximate surface area is 134 Å². The van der Waals surface area contributed by atoms with Crippen LogP contribution in [0.25, 0.3) is 0 Å². The molecule has 1 aromatic rings. The van der Waals surface area contributed by atoms with Crippen molar-refractivity contribution in [2.45, 2.75) is 70.4 Å². The first-order valence-electron chi connectivity index (χ1n) is 8.72. The molecule has 2 aliphatic rings. The summed E-state index contributed by atoms with van der Waals surface area (Å²) in [5.41, 5.74) is 1.27. The minimum Gasteiger partial charge on any atom is -0.311 e. The molecule has 21 heavy (non-hydrogen) atoms. The van der Waals surface area contributed by atoms with Crippen molar-refractivity contribution in [3.63, 3.8) is 0 Å². The van der Waals surface area contributed by atoms with E-state index in [1.165, 1.54) is 50.5 Å². The molecule has 116 valence electrons. The van der Waals surface area contributed by atoms with Crippen LogP contribution in [0.2, 0.25) is 5.02 Å². The average molecular weight is 306 g/mol. The van der Waals surface area contributed by atoms with Gasteiger partial charge in [0, 0.05) is 17.1 Å². The predicted octanol–water partition coefficient (Wildman–Crippen LogP) is 5.22. The summed E-state index contributed by atoms with van der Waals surface area (Å²) in [6.07, 6.45) is 11.1. The first-order chi connectivity index (χ1) is 10.2. The first kappa shape index (κ1) is 15.4. The molecule has 2 aliphatic carbocycles. The third-order valence-electron chi connectivity index (χ3n) is 5.54. The van der Waals surface area contributed by atoms with Gasteiger partial charge in [-0.25, -0.2) is 0 Å². The molecule has 2 fully saturated rings. The minimum atomic E-state index is 0.509. The average Bonchev–Trinajstić information content (AvgIpc) is 2.49. The van der Waals surface area contributed by atoms with Gasteiger partial charge in [-0.05, 0) is 56.1 Å². The number of rotatable bonds is 4. The van der Waals surface area contributed by atoms with Crippen molar-refractivity contribution in [1.29, 1.82) is 0 Å². The van der Waals surface area contributed by atoms with Crippen LogP contribution in [-0.2, 0) is 6.42 Å². The fraction of sp³-hybridized carbons (Fsp3) is 0.684. The van der Waals surface area contributed by atoms with Crippen molar-refractivity contribution in [3.05, 3.63) is 34.9 Å². The molecule has 1 aromatic carbocycles. The molecule has 3 rings (SSSR count). The van der Waals surface area contributed by atoms with Crippen molar-refractivity contribution >= 4 is 11.6 Å². The van der Waals surface area contributed by atoms with Gasteiger partial charge >= 0.3 is 0 Å². The van der Waals surface area contributed by atoms with E-state index >= 15 is 0 Å². The molecule has 4 atom stereocenters. The molecule has 0 bridgehead atoms. The monoisotopic (exact) mass is 305 g/mol. The predicted molar refractivity (Wildman–Crippen MR) is 90.8 cm³/mol. The first-order valence-corrected chi connectivity index (χ1v) is 9.09. The Kier molecular flexibility index (Phi) is 5.24. The Bertz CT molecular complexity index is 459. The van der Waals surface area contributed by atoms with Gasteiger partial charge in [-0.1, -0.05) is 55.5 Å². The largest absolute Gasteiger partial charge is 0.311 e. The van der Waals surface area contributed by atoms with E-state index in [-0.39, 0.29) is 0 Å². The molecule has 0 saturated heterocycles. The van der Waals surface area contributed by atoms with E-state index in [9.17, 15) is 0 Å². The van der Waals surface area contributed by atoms with Gasteiger partial charge in [0.1, 0.15) is 0 Å². The highest BCUT2D eigenvalue weighted by atomic mass is 35.5. The van der Waals surface area contributed by atoms with Crippen LogP contribution in [0.3, 0.4) is 0 Å². The molecule has 0 radical (unpaired) electrons. The fourth-order valence-corrected chi connectivity index (χ4v) is 4.69. The number of hydrogen-bond acceptors (Lipinski definition) is 1. The molecule has 0 spiro atoms. The van der Waals surface area contributed by atoms with Crippen molar-refractivity contribution in [2.24, 2.45) is 11.8 Å². The van der Waals surface area contributed by atoms with Crippen LogP contribution in [0.4, 0.5) is 0 Å². The lowest BCUT2D eigenvalue weighted by atomic mass is 9.69. The molecule has 1 N–H and O–H groups in total. The molecule has 2 saturated carbocycles. The summed E-state index contributed by atoms with van der Waals surface area (Å²) in [6.45, 7) is 2.30. The molecule has 0 aromatic heterocycles. The molecule has 2 heteroatoms. The smallest absolute Gasteiger partial charge is 0.0438 e. The summed E-state index contributed by atoms with van der Waals surface area (Å²) >= 11 is 6.27. The van der Waals surface area contributed by atoms with Gasteiger partial charge in [0.2, 0.25) is 0 Å². The van der Waals surface area contributed by atoms with Crippen LogP contribution in [0.1, 0.15) is 57.4 Å². The molecule has 0 heterocycles. The third kappa shape index (κ3) is 4.02. The fourth-order valence-electron chi connectivity index (χ4n) is 4.48. The number of benzene rings is 1. The lowest BCUT2D eigenvalue weighted by Crippen LogP contribution is -2.43. The highest BCUT2D eigenvalue weighted by molar-refractivity contribution is 6.31. The van der Waals surface area contributed by atoms with E-state index in [4.69, 9.17) is 11.6 Å². The van der Waals surface area contributed by atoms with Crippen LogP contribution < -0.4 is 5.32 Å². The van der Waals surface area contributed by atoms with Crippen LogP contribution >= 0.6 is 11.6 Å². The van der Waals surface area contributed by atoms with Gasteiger partial charge in [0.15, 0.2) is 0 Å². The third-order valence-corrected chi connectivity index (χ3v) is 5.91. The summed E-state index contributed by atoms with van der Waals surface area (Å²) in [5.74, 6) is 2.04. The van der Waals surface area contributed by atoms with Crippen LogP contribution in [-0.4, -0.2) is 12.1 Å². The Hall–Kier alpha value is -0.530. The zero-order valence-corrected chi connectivity index (χ0v) is 13.9. The van der Waals surface area contributed by atoms with E-state index in [0.717, 1.165) is 29.3 Å². The van der Waals surface area contributed by atoms with Crippen LogP contribution in [0, 0.1) is 11.8 Å². The standard InChI is InChI=1S/C19H28ClN/c1-14(12-17-8-4-5-9-19(17)20)21-18-11-10-15-6-2-3-7-16(15)13-18/h4-5,8-9,14-16,18,21H,2-3,6-7,10-13H2,1H3. The Balaban J connectivity index is 1.51. The van der Waals surface area contributed by atoms with Gasteiger partial charge in [-0.2, -0.15) is 0 Å². The highest BCUT2D eigenvalue weighted by Crippen LogP contribution is 2.40. The maximum absolute atomic E-state index is 6.27. The number of nitrogens with one attached hydrogen (secondary N) is 1. The van der Waals surface area contributed by atoms with Crippen molar-refractivity contribution in [1.82, 2.24) is 5.32 Å². The molecule has 1 nitrogen and oxygen atoms in total. The van der Waals surface area contributed by atoms with E-state index < -0.39 is 0 Å². The Morgan fingerprint density at radius 2 is 1.86 bits per heavy atom. The summed E-state index contributed by atoms with van der Waals surface area (Å²) in [5, 5.41) is 4.77. The summed E-state index contributed by atoms with van der Waals surface area (Å²) in [4.78, 5) is 0. The topological polar surface area (TPSA) is 12.0 Å². The van der Waals surface area contributed by atoms with Gasteiger partial charge in [-0.15, -0.1) is 0 Å². The van der Waals surface area contributed by atoms with Crippen molar-refractivity contribution < 1.29 is 0 Å². The van der Waals surface area contributed by atoms with Gasteiger partial charge < -0.3 is 5.32 Å². The van der Waals surface area contributed by atoms with Gasteiger partial charge in [-0.3, -0.25) is 0 Å². The van der Waals surface area contributed by atoms with Crippen LogP contribution in [0.5, 0.6) is 0 Å². The van der Waals surface area contributed by atoms with E-state index in [0.29, 0.717) is 6.04 Å². The SMILES string of the molecule is CC(Cc1ccccc1Cl)NC1CCC2CCCCC2C1. The highest BCUT2D eigenvalue weighted by Gasteiger charge is 2.32. The van der Waals surface area contributed by atoms with E-state index in [2.05, 4.69) is 24.4 Å². The molecule has 0 amide bonds. The zero-order chi connectivity index (χ0) is 14.7. The van der Waals surface area contributed by atoms with E-state index in [1.54, 1.807) is 0 Å². The van der Waals surface area contributed by atoms with Crippen molar-refractivity contribution in [3.8, 4) is 0 Å². The Morgan fingerprint density at radius 3 is 2.67 bits per heavy atom. The maximum atomic E-state index is 6.27. The number of fused-ring (bicyclic) bond motifs is 1. The second kappa shape index (κ2) is 7.15. The summed E-state index contributed by atoms with van der Waals surface area (Å²) in [7, 11) is 0. The second-order valence-electron chi connectivity index (χ2n) is 7.18. The number of halogens is 1. The lowest BCUT2D eigenvalue weighted by molar-refractivity contribution is 0.139. The van der Waals surface area contributed by atoms with E-state index in [1.807, 2.05) is 12.1 Å². The maximum Gasteiger partial charge on any atom is 0.0438 e. The van der Waals surface area contributed by atoms with Gasteiger partial charge in [0.05, 0.1) is 0 Å². The zero-order valence-electron chi connectivity index (χ0n) is 13.2. The molecular formula is C19H28ClN.